The van der Waals surface area contributed by atoms with Crippen LogP contribution in [-0.4, -0.2) is 63.2 Å². The lowest BCUT2D eigenvalue weighted by atomic mass is 10.1. The third kappa shape index (κ3) is 6.88. The molecule has 2 aromatic carbocycles. The number of ether oxygens (including phenoxy) is 2. The lowest BCUT2D eigenvalue weighted by molar-refractivity contribution is -0.139. The quantitative estimate of drug-likeness (QED) is 0.534. The highest BCUT2D eigenvalue weighted by Gasteiger charge is 2.31. The molecule has 0 aromatic heterocycles. The molecule has 0 aliphatic carbocycles. The zero-order chi connectivity index (χ0) is 25.6. The van der Waals surface area contributed by atoms with Gasteiger partial charge in [0.1, 0.15) is 25.8 Å². The van der Waals surface area contributed by atoms with Gasteiger partial charge in [-0.25, -0.2) is 8.42 Å². The fourth-order valence-electron chi connectivity index (χ4n) is 3.63. The average Bonchev–Trinajstić information content (AvgIpc) is 2.84. The van der Waals surface area contributed by atoms with Crippen molar-refractivity contribution < 1.29 is 27.5 Å². The molecular weight excluding hydrogens is 470 g/mol. The summed E-state index contributed by atoms with van der Waals surface area (Å²) in [6, 6.07) is 13.1. The Kier molecular flexibility index (Phi) is 8.61. The number of hydrogen-bond acceptors (Lipinski definition) is 6. The third-order valence-corrected chi connectivity index (χ3v) is 7.00. The molecule has 0 radical (unpaired) electrons. The van der Waals surface area contributed by atoms with E-state index in [4.69, 9.17) is 9.47 Å². The van der Waals surface area contributed by atoms with Crippen molar-refractivity contribution in [3.05, 3.63) is 54.1 Å². The minimum absolute atomic E-state index is 0.0520. The standard InChI is InChI=1S/C25H33N3O6S/c1-5-18(2)26-25(30)19(3)27(16-20-9-7-6-8-10-20)24(29)17-28(35(4,31)32)21-11-12-22-23(15-21)34-14-13-33-22/h6-12,15,18-19H,5,13-14,16-17H2,1-4H3,(H,26,30)/t18-,19-/m1/s1. The Labute approximate surface area is 207 Å². The number of rotatable bonds is 10. The van der Waals surface area contributed by atoms with E-state index >= 15 is 0 Å². The largest absolute Gasteiger partial charge is 0.486 e. The molecule has 1 N–H and O–H groups in total. The highest BCUT2D eigenvalue weighted by molar-refractivity contribution is 7.92. The minimum atomic E-state index is -3.83. The number of anilines is 1. The molecule has 0 fully saturated rings. The van der Waals surface area contributed by atoms with Gasteiger partial charge in [-0.3, -0.25) is 13.9 Å². The van der Waals surface area contributed by atoms with Crippen molar-refractivity contribution in [1.82, 2.24) is 10.2 Å². The second kappa shape index (κ2) is 11.4. The van der Waals surface area contributed by atoms with Gasteiger partial charge in [0.25, 0.3) is 0 Å². The summed E-state index contributed by atoms with van der Waals surface area (Å²) in [6.45, 7) is 5.95. The summed E-state index contributed by atoms with van der Waals surface area (Å²) in [5.74, 6) is 0.132. The van der Waals surface area contributed by atoms with E-state index in [1.165, 1.54) is 4.90 Å². The van der Waals surface area contributed by atoms with Crippen LogP contribution in [0.1, 0.15) is 32.8 Å². The molecule has 1 heterocycles. The number of carbonyl (C=O) groups is 2. The molecule has 9 nitrogen and oxygen atoms in total. The SMILES string of the molecule is CC[C@@H](C)NC(=O)[C@@H](C)N(Cc1ccccc1)C(=O)CN(c1ccc2c(c1)OCCO2)S(C)(=O)=O. The molecule has 1 aliphatic rings. The Morgan fingerprint density at radius 2 is 1.69 bits per heavy atom. The Morgan fingerprint density at radius 3 is 2.31 bits per heavy atom. The number of benzene rings is 2. The molecular formula is C25H33N3O6S. The summed E-state index contributed by atoms with van der Waals surface area (Å²) in [6.07, 6.45) is 1.79. The van der Waals surface area contributed by atoms with Gasteiger partial charge in [-0.1, -0.05) is 37.3 Å². The molecule has 0 saturated heterocycles. The van der Waals surface area contributed by atoms with Gasteiger partial charge in [-0.15, -0.1) is 0 Å². The van der Waals surface area contributed by atoms with Crippen LogP contribution in [0.3, 0.4) is 0 Å². The second-order valence-electron chi connectivity index (χ2n) is 8.60. The number of hydrogen-bond donors (Lipinski definition) is 1. The molecule has 3 rings (SSSR count). The first kappa shape index (κ1) is 26.3. The average molecular weight is 504 g/mol. The normalized spacial score (nSPS) is 14.5. The Morgan fingerprint density at radius 1 is 1.03 bits per heavy atom. The summed E-state index contributed by atoms with van der Waals surface area (Å²) >= 11 is 0. The van der Waals surface area contributed by atoms with Gasteiger partial charge in [0, 0.05) is 18.7 Å². The first-order valence-corrected chi connectivity index (χ1v) is 13.5. The summed E-state index contributed by atoms with van der Waals surface area (Å²) in [5.41, 5.74) is 1.11. The summed E-state index contributed by atoms with van der Waals surface area (Å²) in [5, 5.41) is 2.90. The second-order valence-corrected chi connectivity index (χ2v) is 10.5. The number of carbonyl (C=O) groups excluding carboxylic acids is 2. The monoisotopic (exact) mass is 503 g/mol. The van der Waals surface area contributed by atoms with Crippen LogP contribution in [0.15, 0.2) is 48.5 Å². The molecule has 2 aromatic rings. The molecule has 0 saturated carbocycles. The van der Waals surface area contributed by atoms with Crippen LogP contribution in [-0.2, 0) is 26.2 Å². The van der Waals surface area contributed by atoms with Crippen molar-refractivity contribution in [3.8, 4) is 11.5 Å². The van der Waals surface area contributed by atoms with Gasteiger partial charge in [0.15, 0.2) is 11.5 Å². The van der Waals surface area contributed by atoms with Crippen LogP contribution in [0.5, 0.6) is 11.5 Å². The van der Waals surface area contributed by atoms with Gasteiger partial charge in [0.05, 0.1) is 11.9 Å². The van der Waals surface area contributed by atoms with Crippen molar-refractivity contribution in [2.45, 2.75) is 45.8 Å². The molecule has 0 spiro atoms. The summed E-state index contributed by atoms with van der Waals surface area (Å²) in [7, 11) is -3.83. The van der Waals surface area contributed by atoms with E-state index in [9.17, 15) is 18.0 Å². The number of nitrogens with one attached hydrogen (secondary N) is 1. The van der Waals surface area contributed by atoms with Gasteiger partial charge in [-0.05, 0) is 38.0 Å². The van der Waals surface area contributed by atoms with E-state index in [-0.39, 0.29) is 24.2 Å². The van der Waals surface area contributed by atoms with E-state index in [0.717, 1.165) is 22.5 Å². The van der Waals surface area contributed by atoms with Crippen LogP contribution in [0, 0.1) is 0 Å². The van der Waals surface area contributed by atoms with E-state index in [0.29, 0.717) is 24.7 Å². The Balaban J connectivity index is 1.89. The van der Waals surface area contributed by atoms with Crippen molar-refractivity contribution in [3.63, 3.8) is 0 Å². The Hall–Kier alpha value is -3.27. The predicted molar refractivity (Wildman–Crippen MR) is 134 cm³/mol. The third-order valence-electron chi connectivity index (χ3n) is 5.86. The smallest absolute Gasteiger partial charge is 0.244 e. The molecule has 2 amide bonds. The molecule has 1 aliphatic heterocycles. The number of sulfonamides is 1. The van der Waals surface area contributed by atoms with Crippen molar-refractivity contribution in [2.75, 3.05) is 30.3 Å². The van der Waals surface area contributed by atoms with E-state index in [1.54, 1.807) is 25.1 Å². The number of fused-ring (bicyclic) bond motifs is 1. The van der Waals surface area contributed by atoms with Crippen LogP contribution in [0.25, 0.3) is 0 Å². The van der Waals surface area contributed by atoms with Crippen LogP contribution < -0.4 is 19.1 Å². The van der Waals surface area contributed by atoms with E-state index < -0.39 is 28.5 Å². The number of amides is 2. The highest BCUT2D eigenvalue weighted by Crippen LogP contribution is 2.34. The first-order chi connectivity index (χ1) is 16.6. The van der Waals surface area contributed by atoms with Crippen LogP contribution in [0.4, 0.5) is 5.69 Å². The fourth-order valence-corrected chi connectivity index (χ4v) is 4.47. The van der Waals surface area contributed by atoms with Gasteiger partial charge < -0.3 is 19.7 Å². The maximum absolute atomic E-state index is 13.6. The lowest BCUT2D eigenvalue weighted by Crippen LogP contribution is -2.52. The molecule has 0 bridgehead atoms. The zero-order valence-electron chi connectivity index (χ0n) is 20.6. The van der Waals surface area contributed by atoms with Crippen molar-refractivity contribution in [2.24, 2.45) is 0 Å². The molecule has 0 unspecified atom stereocenters. The van der Waals surface area contributed by atoms with Crippen LogP contribution >= 0.6 is 0 Å². The molecule has 35 heavy (non-hydrogen) atoms. The number of nitrogens with zero attached hydrogens (tertiary/aromatic N) is 2. The first-order valence-electron chi connectivity index (χ1n) is 11.6. The Bertz CT molecular complexity index is 1140. The predicted octanol–water partition coefficient (Wildman–Crippen LogP) is 2.56. The van der Waals surface area contributed by atoms with Gasteiger partial charge in [0.2, 0.25) is 21.8 Å². The highest BCUT2D eigenvalue weighted by atomic mass is 32.2. The maximum Gasteiger partial charge on any atom is 0.244 e. The summed E-state index contributed by atoms with van der Waals surface area (Å²) in [4.78, 5) is 27.9. The topological polar surface area (TPSA) is 105 Å². The molecule has 2 atom stereocenters. The fraction of sp³-hybridized carbons (Fsp3) is 0.440. The molecule has 190 valence electrons. The lowest BCUT2D eigenvalue weighted by Gasteiger charge is -2.32. The van der Waals surface area contributed by atoms with Gasteiger partial charge in [-0.2, -0.15) is 0 Å². The van der Waals surface area contributed by atoms with Crippen LogP contribution in [0.2, 0.25) is 0 Å². The van der Waals surface area contributed by atoms with Gasteiger partial charge >= 0.3 is 0 Å². The van der Waals surface area contributed by atoms with Crippen molar-refractivity contribution >= 4 is 27.5 Å². The summed E-state index contributed by atoms with van der Waals surface area (Å²) < 4.78 is 37.5. The minimum Gasteiger partial charge on any atom is -0.486 e. The maximum atomic E-state index is 13.6. The molecule has 10 heteroatoms. The zero-order valence-corrected chi connectivity index (χ0v) is 21.4. The van der Waals surface area contributed by atoms with E-state index in [1.807, 2.05) is 44.2 Å². The van der Waals surface area contributed by atoms with E-state index in [2.05, 4.69) is 5.32 Å². The van der Waals surface area contributed by atoms with Crippen molar-refractivity contribution in [1.29, 1.82) is 0 Å².